The molecule has 0 bridgehead atoms. The van der Waals surface area contributed by atoms with Gasteiger partial charge in [0.05, 0.1) is 6.61 Å². The van der Waals surface area contributed by atoms with Crippen LogP contribution in [-0.4, -0.2) is 46.1 Å². The Balaban J connectivity index is 2.24. The maximum absolute atomic E-state index is 14.0. The topological polar surface area (TPSA) is 85.6 Å². The number of hydrogen-bond acceptors (Lipinski definition) is 5. The summed E-state index contributed by atoms with van der Waals surface area (Å²) in [5.74, 6) is -0.533. The second kappa shape index (κ2) is 6.21. The van der Waals surface area contributed by atoms with Crippen LogP contribution in [0.5, 0.6) is 0 Å². The number of pyridine rings is 1. The van der Waals surface area contributed by atoms with Crippen LogP contribution in [0.25, 0.3) is 5.57 Å². The molecule has 1 aromatic rings. The second-order valence-electron chi connectivity index (χ2n) is 4.48. The Morgan fingerprint density at radius 1 is 1.42 bits per heavy atom. The molecule has 4 N–H and O–H groups in total. The van der Waals surface area contributed by atoms with Gasteiger partial charge in [-0.1, -0.05) is 6.08 Å². The van der Waals surface area contributed by atoms with E-state index < -0.39 is 24.6 Å². The lowest BCUT2D eigenvalue weighted by atomic mass is 10.0. The predicted molar refractivity (Wildman–Crippen MR) is 67.7 cm³/mol. The molecule has 0 aliphatic carbocycles. The quantitative estimate of drug-likeness (QED) is 0.617. The summed E-state index contributed by atoms with van der Waals surface area (Å²) in [7, 11) is 0. The monoisotopic (exact) mass is 268 g/mol. The number of rotatable bonds is 4. The molecule has 0 saturated heterocycles. The average molecular weight is 268 g/mol. The van der Waals surface area contributed by atoms with Gasteiger partial charge < -0.3 is 20.6 Å². The van der Waals surface area contributed by atoms with Gasteiger partial charge in [-0.05, 0) is 24.6 Å². The van der Waals surface area contributed by atoms with Crippen molar-refractivity contribution in [3.63, 3.8) is 0 Å². The van der Waals surface area contributed by atoms with Gasteiger partial charge in [-0.25, -0.2) is 4.39 Å². The minimum atomic E-state index is -1.34. The second-order valence-corrected chi connectivity index (χ2v) is 4.48. The molecular weight excluding hydrogens is 251 g/mol. The van der Waals surface area contributed by atoms with Crippen LogP contribution in [0.4, 0.5) is 4.39 Å². The van der Waals surface area contributed by atoms with E-state index in [9.17, 15) is 14.6 Å². The van der Waals surface area contributed by atoms with E-state index in [0.29, 0.717) is 13.0 Å². The molecule has 0 amide bonds. The van der Waals surface area contributed by atoms with Crippen molar-refractivity contribution < 1.29 is 19.7 Å². The Morgan fingerprint density at radius 2 is 2.21 bits per heavy atom. The predicted octanol–water partition coefficient (Wildman–Crippen LogP) is -0.0160. The lowest BCUT2D eigenvalue weighted by Crippen LogP contribution is -2.23. The minimum Gasteiger partial charge on any atom is -0.394 e. The van der Waals surface area contributed by atoms with Gasteiger partial charge in [0.2, 0.25) is 0 Å². The standard InChI is InChI=1S/C13H17FN2O3/c14-10-5-9(13(19)11(18)7-17)6-16-12(10)8-1-3-15-4-2-8/h1,5-6,11,13,15,17-19H,2-4,7H2/t11-,13-/m1/s1. The Morgan fingerprint density at radius 3 is 2.79 bits per heavy atom. The van der Waals surface area contributed by atoms with Crippen molar-refractivity contribution in [3.05, 3.63) is 35.4 Å². The van der Waals surface area contributed by atoms with E-state index in [0.717, 1.165) is 18.2 Å². The summed E-state index contributed by atoms with van der Waals surface area (Å²) in [5.41, 5.74) is 1.26. The Bertz CT molecular complexity index is 479. The first-order chi connectivity index (χ1) is 9.13. The van der Waals surface area contributed by atoms with Crippen LogP contribution < -0.4 is 5.32 Å². The lowest BCUT2D eigenvalue weighted by molar-refractivity contribution is -0.0155. The fourth-order valence-corrected chi connectivity index (χ4v) is 2.01. The maximum atomic E-state index is 14.0. The van der Waals surface area contributed by atoms with Crippen molar-refractivity contribution in [2.75, 3.05) is 19.7 Å². The zero-order chi connectivity index (χ0) is 13.8. The number of aliphatic hydroxyl groups is 3. The molecule has 2 atom stereocenters. The van der Waals surface area contributed by atoms with Crippen LogP contribution in [0.3, 0.4) is 0 Å². The zero-order valence-corrected chi connectivity index (χ0v) is 10.4. The Kier molecular flexibility index (Phi) is 4.60. The Hall–Kier alpha value is -1.34. The number of aliphatic hydroxyl groups excluding tert-OH is 3. The third kappa shape index (κ3) is 3.16. The third-order valence-electron chi connectivity index (χ3n) is 3.12. The number of nitrogens with zero attached hydrogens (tertiary/aromatic N) is 1. The van der Waals surface area contributed by atoms with Gasteiger partial charge in [-0.15, -0.1) is 0 Å². The number of aromatic nitrogens is 1. The van der Waals surface area contributed by atoms with Gasteiger partial charge in [-0.2, -0.15) is 0 Å². The van der Waals surface area contributed by atoms with Crippen molar-refractivity contribution in [1.29, 1.82) is 0 Å². The molecule has 1 aliphatic heterocycles. The highest BCUT2D eigenvalue weighted by Gasteiger charge is 2.20. The van der Waals surface area contributed by atoms with E-state index in [-0.39, 0.29) is 11.3 Å². The molecule has 0 fully saturated rings. The van der Waals surface area contributed by atoms with Crippen LogP contribution in [0.15, 0.2) is 18.3 Å². The van der Waals surface area contributed by atoms with Crippen molar-refractivity contribution in [1.82, 2.24) is 10.3 Å². The highest BCUT2D eigenvalue weighted by Crippen LogP contribution is 2.24. The van der Waals surface area contributed by atoms with Crippen LogP contribution in [0.1, 0.15) is 23.8 Å². The smallest absolute Gasteiger partial charge is 0.149 e. The van der Waals surface area contributed by atoms with Crippen molar-refractivity contribution in [3.8, 4) is 0 Å². The molecular formula is C13H17FN2O3. The van der Waals surface area contributed by atoms with Gasteiger partial charge in [-0.3, -0.25) is 4.98 Å². The molecule has 2 rings (SSSR count). The number of nitrogens with one attached hydrogen (secondary N) is 1. The molecule has 0 saturated carbocycles. The molecule has 0 aromatic carbocycles. The molecule has 0 spiro atoms. The summed E-state index contributed by atoms with van der Waals surface area (Å²) in [4.78, 5) is 4.02. The molecule has 2 heterocycles. The first-order valence-corrected chi connectivity index (χ1v) is 6.16. The first-order valence-electron chi connectivity index (χ1n) is 6.16. The molecule has 104 valence electrons. The molecule has 5 nitrogen and oxygen atoms in total. The van der Waals surface area contributed by atoms with E-state index >= 15 is 0 Å². The van der Waals surface area contributed by atoms with E-state index in [4.69, 9.17) is 5.11 Å². The highest BCUT2D eigenvalue weighted by molar-refractivity contribution is 5.64. The van der Waals surface area contributed by atoms with Crippen molar-refractivity contribution in [2.24, 2.45) is 0 Å². The van der Waals surface area contributed by atoms with Crippen LogP contribution in [0.2, 0.25) is 0 Å². The fraction of sp³-hybridized carbons (Fsp3) is 0.462. The van der Waals surface area contributed by atoms with Gasteiger partial charge in [0.15, 0.2) is 0 Å². The van der Waals surface area contributed by atoms with Crippen LogP contribution in [0, 0.1) is 5.82 Å². The van der Waals surface area contributed by atoms with Gasteiger partial charge in [0, 0.05) is 18.3 Å². The van der Waals surface area contributed by atoms with E-state index in [2.05, 4.69) is 10.3 Å². The number of halogens is 1. The van der Waals surface area contributed by atoms with E-state index in [1.54, 1.807) is 0 Å². The summed E-state index contributed by atoms with van der Waals surface area (Å²) in [6.07, 6.45) is 1.22. The molecule has 0 unspecified atom stereocenters. The van der Waals surface area contributed by atoms with Crippen LogP contribution >= 0.6 is 0 Å². The van der Waals surface area contributed by atoms with E-state index in [1.165, 1.54) is 6.20 Å². The summed E-state index contributed by atoms with van der Waals surface area (Å²) in [6.45, 7) is 0.867. The van der Waals surface area contributed by atoms with Gasteiger partial charge >= 0.3 is 0 Å². The lowest BCUT2D eigenvalue weighted by Gasteiger charge is -2.18. The first kappa shape index (κ1) is 14.1. The third-order valence-corrected chi connectivity index (χ3v) is 3.12. The maximum Gasteiger partial charge on any atom is 0.149 e. The molecule has 1 aliphatic rings. The molecule has 1 aromatic heterocycles. The summed E-state index contributed by atoms with van der Waals surface area (Å²) < 4.78 is 14.0. The average Bonchev–Trinajstić information content (AvgIpc) is 2.46. The largest absolute Gasteiger partial charge is 0.394 e. The van der Waals surface area contributed by atoms with Gasteiger partial charge in [0.25, 0.3) is 0 Å². The molecule has 19 heavy (non-hydrogen) atoms. The van der Waals surface area contributed by atoms with Crippen molar-refractivity contribution >= 4 is 5.57 Å². The highest BCUT2D eigenvalue weighted by atomic mass is 19.1. The summed E-state index contributed by atoms with van der Waals surface area (Å²) in [6, 6.07) is 1.15. The number of hydrogen-bond donors (Lipinski definition) is 4. The minimum absolute atomic E-state index is 0.150. The summed E-state index contributed by atoms with van der Waals surface area (Å²) >= 11 is 0. The fourth-order valence-electron chi connectivity index (χ4n) is 2.01. The van der Waals surface area contributed by atoms with Gasteiger partial charge in [0.1, 0.15) is 23.7 Å². The molecule has 0 radical (unpaired) electrons. The normalized spacial score (nSPS) is 18.8. The Labute approximate surface area is 110 Å². The van der Waals surface area contributed by atoms with Crippen LogP contribution in [-0.2, 0) is 0 Å². The molecule has 6 heteroatoms. The van der Waals surface area contributed by atoms with Crippen molar-refractivity contribution in [2.45, 2.75) is 18.6 Å². The SMILES string of the molecule is OC[C@@H](O)[C@H](O)c1cnc(C2=CCNCC2)c(F)c1. The van der Waals surface area contributed by atoms with E-state index in [1.807, 2.05) is 6.08 Å². The zero-order valence-electron chi connectivity index (χ0n) is 10.4. The summed E-state index contributed by atoms with van der Waals surface area (Å²) in [5, 5.41) is 30.9.